The van der Waals surface area contributed by atoms with Gasteiger partial charge in [-0.2, -0.15) is 4.98 Å². The molecule has 23 heavy (non-hydrogen) atoms. The standard InChI is InChI=1S/C17H14Cl2N2O2/c18-13-8-9-15(14(19)11-13)22-10-4-7-16-20-17(21-23-16)12-5-2-1-3-6-12/h1-3,5-6,8-9,11H,4,7,10H2. The van der Waals surface area contributed by atoms with Crippen LogP contribution in [0.25, 0.3) is 11.4 Å². The molecule has 0 fully saturated rings. The van der Waals surface area contributed by atoms with Crippen molar-refractivity contribution >= 4 is 23.2 Å². The van der Waals surface area contributed by atoms with Gasteiger partial charge < -0.3 is 9.26 Å². The van der Waals surface area contributed by atoms with Gasteiger partial charge in [0.1, 0.15) is 5.75 Å². The molecule has 0 spiro atoms. The molecule has 0 aliphatic rings. The lowest BCUT2D eigenvalue weighted by atomic mass is 10.2. The molecule has 2 aromatic carbocycles. The third kappa shape index (κ3) is 4.24. The van der Waals surface area contributed by atoms with Crippen LogP contribution in [0.3, 0.4) is 0 Å². The van der Waals surface area contributed by atoms with Crippen LogP contribution < -0.4 is 4.74 Å². The van der Waals surface area contributed by atoms with Crippen LogP contribution in [0.15, 0.2) is 53.1 Å². The Morgan fingerprint density at radius 3 is 2.65 bits per heavy atom. The molecule has 1 aromatic heterocycles. The Labute approximate surface area is 144 Å². The van der Waals surface area contributed by atoms with Crippen molar-refractivity contribution in [2.75, 3.05) is 6.61 Å². The zero-order chi connectivity index (χ0) is 16.1. The van der Waals surface area contributed by atoms with Crippen molar-refractivity contribution in [2.45, 2.75) is 12.8 Å². The van der Waals surface area contributed by atoms with Crippen LogP contribution in [0, 0.1) is 0 Å². The predicted octanol–water partition coefficient (Wildman–Crippen LogP) is 5.06. The maximum Gasteiger partial charge on any atom is 0.227 e. The summed E-state index contributed by atoms with van der Waals surface area (Å²) in [6.07, 6.45) is 1.39. The van der Waals surface area contributed by atoms with E-state index in [0.29, 0.717) is 40.5 Å². The van der Waals surface area contributed by atoms with Crippen molar-refractivity contribution in [2.24, 2.45) is 0 Å². The van der Waals surface area contributed by atoms with Crippen LogP contribution in [-0.4, -0.2) is 16.7 Å². The van der Waals surface area contributed by atoms with Crippen molar-refractivity contribution in [3.05, 3.63) is 64.5 Å². The molecule has 0 saturated carbocycles. The highest BCUT2D eigenvalue weighted by atomic mass is 35.5. The molecular weight excluding hydrogens is 335 g/mol. The van der Waals surface area contributed by atoms with E-state index < -0.39 is 0 Å². The number of nitrogens with zero attached hydrogens (tertiary/aromatic N) is 2. The van der Waals surface area contributed by atoms with Crippen molar-refractivity contribution in [3.63, 3.8) is 0 Å². The lowest BCUT2D eigenvalue weighted by Crippen LogP contribution is -2.00. The smallest absolute Gasteiger partial charge is 0.227 e. The molecule has 0 bridgehead atoms. The molecule has 4 nitrogen and oxygen atoms in total. The summed E-state index contributed by atoms with van der Waals surface area (Å²) in [5.74, 6) is 1.81. The Morgan fingerprint density at radius 1 is 1.04 bits per heavy atom. The molecule has 0 aliphatic carbocycles. The molecular formula is C17H14Cl2N2O2. The summed E-state index contributed by atoms with van der Waals surface area (Å²) in [6, 6.07) is 14.9. The molecule has 3 aromatic rings. The minimum absolute atomic E-state index is 0.502. The lowest BCUT2D eigenvalue weighted by molar-refractivity contribution is 0.298. The van der Waals surface area contributed by atoms with E-state index in [1.807, 2.05) is 30.3 Å². The van der Waals surface area contributed by atoms with E-state index in [1.165, 1.54) is 0 Å². The number of aryl methyl sites for hydroxylation is 1. The van der Waals surface area contributed by atoms with Gasteiger partial charge >= 0.3 is 0 Å². The summed E-state index contributed by atoms with van der Waals surface area (Å²) in [4.78, 5) is 4.38. The summed E-state index contributed by atoms with van der Waals surface area (Å²) in [6.45, 7) is 0.504. The Hall–Kier alpha value is -2.04. The molecule has 1 heterocycles. The number of halogens is 2. The van der Waals surface area contributed by atoms with Gasteiger partial charge in [0.05, 0.1) is 11.6 Å². The van der Waals surface area contributed by atoms with E-state index in [2.05, 4.69) is 10.1 Å². The summed E-state index contributed by atoms with van der Waals surface area (Å²) >= 11 is 11.9. The average molecular weight is 349 g/mol. The fourth-order valence-electron chi connectivity index (χ4n) is 2.06. The van der Waals surface area contributed by atoms with Crippen molar-refractivity contribution in [1.29, 1.82) is 0 Å². The van der Waals surface area contributed by atoms with Gasteiger partial charge in [0.15, 0.2) is 0 Å². The average Bonchev–Trinajstić information content (AvgIpc) is 3.03. The van der Waals surface area contributed by atoms with Crippen molar-refractivity contribution in [1.82, 2.24) is 10.1 Å². The first kappa shape index (κ1) is 15.8. The zero-order valence-corrected chi connectivity index (χ0v) is 13.7. The summed E-state index contributed by atoms with van der Waals surface area (Å²) in [5.41, 5.74) is 0.937. The topological polar surface area (TPSA) is 48.2 Å². The molecule has 0 unspecified atom stereocenters. The number of benzene rings is 2. The van der Waals surface area contributed by atoms with Crippen LogP contribution in [-0.2, 0) is 6.42 Å². The Bertz CT molecular complexity index is 775. The molecule has 0 amide bonds. The molecule has 0 aliphatic heterocycles. The molecule has 0 saturated heterocycles. The quantitative estimate of drug-likeness (QED) is 0.584. The normalized spacial score (nSPS) is 10.7. The van der Waals surface area contributed by atoms with Gasteiger partial charge in [-0.25, -0.2) is 0 Å². The second kappa shape index (κ2) is 7.49. The van der Waals surface area contributed by atoms with Gasteiger partial charge in [0, 0.05) is 17.0 Å². The van der Waals surface area contributed by atoms with E-state index >= 15 is 0 Å². The predicted molar refractivity (Wildman–Crippen MR) is 90.0 cm³/mol. The minimum Gasteiger partial charge on any atom is -0.492 e. The van der Waals surface area contributed by atoms with Gasteiger partial charge in [0.2, 0.25) is 11.7 Å². The molecule has 0 atom stereocenters. The number of ether oxygens (including phenoxy) is 1. The van der Waals surface area contributed by atoms with E-state index in [1.54, 1.807) is 18.2 Å². The molecule has 0 radical (unpaired) electrons. The first-order chi connectivity index (χ1) is 11.2. The number of hydrogen-bond acceptors (Lipinski definition) is 4. The fourth-order valence-corrected chi connectivity index (χ4v) is 2.52. The number of rotatable bonds is 6. The monoisotopic (exact) mass is 348 g/mol. The van der Waals surface area contributed by atoms with E-state index in [4.69, 9.17) is 32.5 Å². The van der Waals surface area contributed by atoms with Crippen molar-refractivity contribution < 1.29 is 9.26 Å². The minimum atomic E-state index is 0.502. The highest BCUT2D eigenvalue weighted by Gasteiger charge is 2.08. The van der Waals surface area contributed by atoms with E-state index in [0.717, 1.165) is 12.0 Å². The van der Waals surface area contributed by atoms with Gasteiger partial charge in [-0.1, -0.05) is 58.7 Å². The third-order valence-electron chi connectivity index (χ3n) is 3.19. The Kier molecular flexibility index (Phi) is 5.16. The summed E-state index contributed by atoms with van der Waals surface area (Å²) < 4.78 is 10.9. The van der Waals surface area contributed by atoms with Crippen LogP contribution in [0.5, 0.6) is 5.75 Å². The van der Waals surface area contributed by atoms with Gasteiger partial charge in [-0.3, -0.25) is 0 Å². The molecule has 118 valence electrons. The first-order valence-electron chi connectivity index (χ1n) is 7.18. The summed E-state index contributed by atoms with van der Waals surface area (Å²) in [7, 11) is 0. The van der Waals surface area contributed by atoms with Crippen LogP contribution >= 0.6 is 23.2 Å². The zero-order valence-electron chi connectivity index (χ0n) is 12.2. The van der Waals surface area contributed by atoms with Crippen LogP contribution in [0.1, 0.15) is 12.3 Å². The molecule has 6 heteroatoms. The van der Waals surface area contributed by atoms with Crippen LogP contribution in [0.4, 0.5) is 0 Å². The third-order valence-corrected chi connectivity index (χ3v) is 3.72. The second-order valence-corrected chi connectivity index (χ2v) is 5.75. The summed E-state index contributed by atoms with van der Waals surface area (Å²) in [5, 5.41) is 5.07. The van der Waals surface area contributed by atoms with Gasteiger partial charge in [0.25, 0.3) is 0 Å². The van der Waals surface area contributed by atoms with E-state index in [9.17, 15) is 0 Å². The molecule has 3 rings (SSSR count). The lowest BCUT2D eigenvalue weighted by Gasteiger charge is -2.07. The van der Waals surface area contributed by atoms with Crippen LogP contribution in [0.2, 0.25) is 10.0 Å². The van der Waals surface area contributed by atoms with Gasteiger partial charge in [-0.15, -0.1) is 0 Å². The second-order valence-electron chi connectivity index (χ2n) is 4.90. The number of hydrogen-bond donors (Lipinski definition) is 0. The fraction of sp³-hybridized carbons (Fsp3) is 0.176. The first-order valence-corrected chi connectivity index (χ1v) is 7.94. The maximum atomic E-state index is 6.05. The Morgan fingerprint density at radius 2 is 1.87 bits per heavy atom. The van der Waals surface area contributed by atoms with Gasteiger partial charge in [-0.05, 0) is 24.6 Å². The Balaban J connectivity index is 1.50. The SMILES string of the molecule is Clc1ccc(OCCCc2nc(-c3ccccc3)no2)c(Cl)c1. The maximum absolute atomic E-state index is 6.05. The van der Waals surface area contributed by atoms with E-state index in [-0.39, 0.29) is 0 Å². The number of aromatic nitrogens is 2. The van der Waals surface area contributed by atoms with Crippen molar-refractivity contribution in [3.8, 4) is 17.1 Å². The highest BCUT2D eigenvalue weighted by molar-refractivity contribution is 6.35. The largest absolute Gasteiger partial charge is 0.492 e. The molecule has 0 N–H and O–H groups in total. The highest BCUT2D eigenvalue weighted by Crippen LogP contribution is 2.27.